The predicted molar refractivity (Wildman–Crippen MR) is 59.5 cm³/mol. The highest BCUT2D eigenvalue weighted by atomic mass is 16.5. The van der Waals surface area contributed by atoms with E-state index >= 15 is 0 Å². The number of rotatable bonds is 3. The van der Waals surface area contributed by atoms with Crippen LogP contribution in [-0.4, -0.2) is 24.9 Å². The van der Waals surface area contributed by atoms with Gasteiger partial charge in [-0.2, -0.15) is 0 Å². The van der Waals surface area contributed by atoms with Crippen LogP contribution in [0, 0.1) is 13.8 Å². The highest BCUT2D eigenvalue weighted by Crippen LogP contribution is 1.99. The summed E-state index contributed by atoms with van der Waals surface area (Å²) < 4.78 is 4.73. The van der Waals surface area contributed by atoms with Gasteiger partial charge in [-0.15, -0.1) is 0 Å². The third-order valence-electron chi connectivity index (χ3n) is 1.66. The van der Waals surface area contributed by atoms with Crippen molar-refractivity contribution >= 4 is 0 Å². The molecule has 1 aromatic rings. The Bertz CT molecular complexity index is 191. The zero-order valence-electron chi connectivity index (χ0n) is 9.29. The van der Waals surface area contributed by atoms with Crippen LogP contribution in [0.5, 0.6) is 0 Å². The number of aliphatic hydroxyl groups is 1. The van der Waals surface area contributed by atoms with Gasteiger partial charge in [0.2, 0.25) is 0 Å². The maximum Gasteiger partial charge on any atom is 0.0697 e. The number of ether oxygens (including phenoxy) is 1. The van der Waals surface area contributed by atoms with Gasteiger partial charge in [0.05, 0.1) is 13.2 Å². The molecule has 0 atom stereocenters. The largest absolute Gasteiger partial charge is 0.394 e. The summed E-state index contributed by atoms with van der Waals surface area (Å²) in [5, 5.41) is 8.07. The highest BCUT2D eigenvalue weighted by Gasteiger charge is 1.79. The second-order valence-electron chi connectivity index (χ2n) is 3.08. The molecule has 2 nitrogen and oxygen atoms in total. The maximum atomic E-state index is 8.07. The van der Waals surface area contributed by atoms with Crippen molar-refractivity contribution in [3.8, 4) is 0 Å². The minimum Gasteiger partial charge on any atom is -0.394 e. The molecule has 0 unspecified atom stereocenters. The molecule has 0 aliphatic heterocycles. The van der Waals surface area contributed by atoms with Crippen LogP contribution in [0.25, 0.3) is 0 Å². The molecule has 0 radical (unpaired) electrons. The van der Waals surface area contributed by atoms with E-state index in [2.05, 4.69) is 38.1 Å². The third-order valence-corrected chi connectivity index (χ3v) is 1.66. The second kappa shape index (κ2) is 8.73. The van der Waals surface area contributed by atoms with Gasteiger partial charge >= 0.3 is 0 Å². The molecule has 0 spiro atoms. The van der Waals surface area contributed by atoms with Gasteiger partial charge in [0, 0.05) is 6.61 Å². The van der Waals surface area contributed by atoms with E-state index in [-0.39, 0.29) is 6.61 Å². The average Bonchev–Trinajstić information content (AvgIpc) is 2.20. The first-order chi connectivity index (χ1) is 6.70. The molecular weight excluding hydrogens is 176 g/mol. The Hall–Kier alpha value is -0.860. The predicted octanol–water partition coefficient (Wildman–Crippen LogP) is 2.32. The molecule has 0 saturated carbocycles. The molecular formula is C12H20O2. The molecule has 80 valence electrons. The molecule has 1 aromatic carbocycles. The van der Waals surface area contributed by atoms with E-state index in [0.29, 0.717) is 13.2 Å². The zero-order chi connectivity index (χ0) is 10.8. The van der Waals surface area contributed by atoms with Crippen LogP contribution in [0.4, 0.5) is 0 Å². The van der Waals surface area contributed by atoms with E-state index in [9.17, 15) is 0 Å². The highest BCUT2D eigenvalue weighted by molar-refractivity contribution is 5.19. The van der Waals surface area contributed by atoms with Crippen molar-refractivity contribution in [2.45, 2.75) is 20.8 Å². The Kier molecular flexibility index (Phi) is 8.19. The number of aliphatic hydroxyl groups excluding tert-OH is 1. The van der Waals surface area contributed by atoms with Crippen LogP contribution in [0.15, 0.2) is 24.3 Å². The Morgan fingerprint density at radius 3 is 1.71 bits per heavy atom. The lowest BCUT2D eigenvalue weighted by Crippen LogP contribution is -1.96. The summed E-state index contributed by atoms with van der Waals surface area (Å²) in [6.45, 7) is 7.39. The van der Waals surface area contributed by atoms with E-state index in [1.807, 2.05) is 6.92 Å². The number of hydrogen-bond donors (Lipinski definition) is 1. The van der Waals surface area contributed by atoms with Crippen molar-refractivity contribution in [3.63, 3.8) is 0 Å². The Balaban J connectivity index is 0.000000255. The van der Waals surface area contributed by atoms with Gasteiger partial charge in [-0.1, -0.05) is 35.4 Å². The normalized spacial score (nSPS) is 9.14. The standard InChI is InChI=1S/C8H10.C4H10O2/c1-7-3-5-8(2)6-4-7;1-2-6-4-3-5/h3-6H,1-2H3;5H,2-4H2,1H3. The number of benzene rings is 1. The van der Waals surface area contributed by atoms with Crippen molar-refractivity contribution < 1.29 is 9.84 Å². The maximum absolute atomic E-state index is 8.07. The Morgan fingerprint density at radius 2 is 1.50 bits per heavy atom. The van der Waals surface area contributed by atoms with Crippen molar-refractivity contribution in [3.05, 3.63) is 35.4 Å². The topological polar surface area (TPSA) is 29.5 Å². The summed E-state index contributed by atoms with van der Waals surface area (Å²) >= 11 is 0. The molecule has 0 fully saturated rings. The first-order valence-electron chi connectivity index (χ1n) is 4.92. The fraction of sp³-hybridized carbons (Fsp3) is 0.500. The van der Waals surface area contributed by atoms with E-state index in [0.717, 1.165) is 0 Å². The van der Waals surface area contributed by atoms with E-state index in [1.54, 1.807) is 0 Å². The third kappa shape index (κ3) is 7.77. The monoisotopic (exact) mass is 196 g/mol. The number of aryl methyl sites for hydroxylation is 2. The summed E-state index contributed by atoms with van der Waals surface area (Å²) in [5.74, 6) is 0. The molecule has 0 aromatic heterocycles. The lowest BCUT2D eigenvalue weighted by molar-refractivity contribution is 0.102. The Labute approximate surface area is 86.5 Å². The molecule has 0 saturated heterocycles. The fourth-order valence-corrected chi connectivity index (χ4v) is 0.846. The van der Waals surface area contributed by atoms with Gasteiger partial charge in [-0.3, -0.25) is 0 Å². The van der Waals surface area contributed by atoms with Gasteiger partial charge in [-0.05, 0) is 20.8 Å². The van der Waals surface area contributed by atoms with Crippen LogP contribution in [0.3, 0.4) is 0 Å². The van der Waals surface area contributed by atoms with Crippen LogP contribution in [0.2, 0.25) is 0 Å². The van der Waals surface area contributed by atoms with Gasteiger partial charge in [0.25, 0.3) is 0 Å². The summed E-state index contributed by atoms with van der Waals surface area (Å²) in [4.78, 5) is 0. The van der Waals surface area contributed by atoms with Crippen LogP contribution in [-0.2, 0) is 4.74 Å². The molecule has 0 aliphatic rings. The smallest absolute Gasteiger partial charge is 0.0697 e. The van der Waals surface area contributed by atoms with E-state index in [1.165, 1.54) is 11.1 Å². The molecule has 0 aliphatic carbocycles. The van der Waals surface area contributed by atoms with Crippen LogP contribution < -0.4 is 0 Å². The average molecular weight is 196 g/mol. The van der Waals surface area contributed by atoms with Gasteiger partial charge in [-0.25, -0.2) is 0 Å². The van der Waals surface area contributed by atoms with Gasteiger partial charge in [0.1, 0.15) is 0 Å². The second-order valence-corrected chi connectivity index (χ2v) is 3.08. The van der Waals surface area contributed by atoms with Crippen molar-refractivity contribution in [1.29, 1.82) is 0 Å². The molecule has 0 amide bonds. The van der Waals surface area contributed by atoms with E-state index in [4.69, 9.17) is 9.84 Å². The lowest BCUT2D eigenvalue weighted by Gasteiger charge is -1.91. The van der Waals surface area contributed by atoms with Crippen molar-refractivity contribution in [1.82, 2.24) is 0 Å². The summed E-state index contributed by atoms with van der Waals surface area (Å²) in [7, 11) is 0. The molecule has 1 N–H and O–H groups in total. The van der Waals surface area contributed by atoms with Crippen molar-refractivity contribution in [2.24, 2.45) is 0 Å². The molecule has 2 heteroatoms. The fourth-order valence-electron chi connectivity index (χ4n) is 0.846. The summed E-state index contributed by atoms with van der Waals surface area (Å²) in [6.07, 6.45) is 0. The molecule has 0 heterocycles. The molecule has 1 rings (SSSR count). The summed E-state index contributed by atoms with van der Waals surface area (Å²) in [6, 6.07) is 8.48. The number of hydrogen-bond acceptors (Lipinski definition) is 2. The summed E-state index contributed by atoms with van der Waals surface area (Å²) in [5.41, 5.74) is 2.66. The van der Waals surface area contributed by atoms with Gasteiger partial charge < -0.3 is 9.84 Å². The van der Waals surface area contributed by atoms with Crippen LogP contribution in [0.1, 0.15) is 18.1 Å². The van der Waals surface area contributed by atoms with E-state index < -0.39 is 0 Å². The quantitative estimate of drug-likeness (QED) is 0.752. The first-order valence-corrected chi connectivity index (χ1v) is 4.92. The van der Waals surface area contributed by atoms with Gasteiger partial charge in [0.15, 0.2) is 0 Å². The zero-order valence-corrected chi connectivity index (χ0v) is 9.29. The SMILES string of the molecule is CCOCCO.Cc1ccc(C)cc1. The minimum atomic E-state index is 0.133. The first kappa shape index (κ1) is 13.1. The van der Waals surface area contributed by atoms with Crippen LogP contribution >= 0.6 is 0 Å². The van der Waals surface area contributed by atoms with Crippen molar-refractivity contribution in [2.75, 3.05) is 19.8 Å². The molecule has 0 bridgehead atoms. The minimum absolute atomic E-state index is 0.133. The molecule has 14 heavy (non-hydrogen) atoms. The Morgan fingerprint density at radius 1 is 1.07 bits per heavy atom. The lowest BCUT2D eigenvalue weighted by atomic mass is 10.2.